The Morgan fingerprint density at radius 1 is 1.35 bits per heavy atom. The fourth-order valence-electron chi connectivity index (χ4n) is 2.52. The smallest absolute Gasteiger partial charge is 0.132 e. The van der Waals surface area contributed by atoms with Gasteiger partial charge in [-0.1, -0.05) is 0 Å². The average molecular weight is 242 g/mol. The highest BCUT2D eigenvalue weighted by Gasteiger charge is 2.23. The van der Waals surface area contributed by atoms with Crippen molar-refractivity contribution in [3.05, 3.63) is 35.4 Å². The van der Waals surface area contributed by atoms with Gasteiger partial charge in [-0.3, -0.25) is 0 Å². The number of nitrogens with one attached hydrogen (secondary N) is 1. The van der Waals surface area contributed by atoms with Crippen molar-refractivity contribution in [1.82, 2.24) is 0 Å². The van der Waals surface area contributed by atoms with E-state index in [0.29, 0.717) is 18.0 Å². The van der Waals surface area contributed by atoms with Crippen LogP contribution >= 0.6 is 0 Å². The van der Waals surface area contributed by atoms with Crippen molar-refractivity contribution >= 4 is 0 Å². The molecule has 0 aliphatic carbocycles. The molecule has 2 N–H and O–H groups in total. The zero-order valence-electron chi connectivity index (χ0n) is 9.76. The van der Waals surface area contributed by atoms with Gasteiger partial charge in [-0.2, -0.15) is 0 Å². The van der Waals surface area contributed by atoms with Gasteiger partial charge in [0.05, 0.1) is 19.7 Å². The SMILES string of the molecule is OC[C@@H]1CCC[NH+](Cc2cc(F)ccc2F)C1. The number of hydrogen-bond donors (Lipinski definition) is 2. The lowest BCUT2D eigenvalue weighted by molar-refractivity contribution is -0.922. The number of rotatable bonds is 3. The van der Waals surface area contributed by atoms with Crippen molar-refractivity contribution in [3.8, 4) is 0 Å². The van der Waals surface area contributed by atoms with Crippen LogP contribution < -0.4 is 4.90 Å². The lowest BCUT2D eigenvalue weighted by atomic mass is 9.98. The molecule has 0 radical (unpaired) electrons. The molecule has 17 heavy (non-hydrogen) atoms. The Balaban J connectivity index is 2.02. The third-order valence-corrected chi connectivity index (χ3v) is 3.43. The third kappa shape index (κ3) is 3.23. The van der Waals surface area contributed by atoms with Crippen LogP contribution in [0.2, 0.25) is 0 Å². The third-order valence-electron chi connectivity index (χ3n) is 3.43. The first-order chi connectivity index (χ1) is 8.19. The van der Waals surface area contributed by atoms with Gasteiger partial charge in [-0.05, 0) is 31.0 Å². The van der Waals surface area contributed by atoms with E-state index in [4.69, 9.17) is 5.11 Å². The second-order valence-electron chi connectivity index (χ2n) is 4.81. The van der Waals surface area contributed by atoms with Crippen molar-refractivity contribution in [1.29, 1.82) is 0 Å². The molecule has 1 aliphatic rings. The van der Waals surface area contributed by atoms with Crippen molar-refractivity contribution in [2.45, 2.75) is 19.4 Å². The fourth-order valence-corrected chi connectivity index (χ4v) is 2.52. The highest BCUT2D eigenvalue weighted by atomic mass is 19.1. The number of hydrogen-bond acceptors (Lipinski definition) is 1. The summed E-state index contributed by atoms with van der Waals surface area (Å²) in [5.41, 5.74) is 0.429. The summed E-state index contributed by atoms with van der Waals surface area (Å²) >= 11 is 0. The van der Waals surface area contributed by atoms with E-state index in [1.165, 1.54) is 17.0 Å². The lowest BCUT2D eigenvalue weighted by Crippen LogP contribution is -3.12. The van der Waals surface area contributed by atoms with Crippen LogP contribution in [0.4, 0.5) is 8.78 Å². The normalized spacial score (nSPS) is 24.9. The van der Waals surface area contributed by atoms with E-state index in [9.17, 15) is 8.78 Å². The molecule has 0 aromatic heterocycles. The monoisotopic (exact) mass is 242 g/mol. The lowest BCUT2D eigenvalue weighted by Gasteiger charge is -2.28. The van der Waals surface area contributed by atoms with Crippen molar-refractivity contribution in [2.75, 3.05) is 19.7 Å². The molecule has 1 fully saturated rings. The van der Waals surface area contributed by atoms with Crippen LogP contribution in [0.25, 0.3) is 0 Å². The largest absolute Gasteiger partial charge is 0.396 e. The molecular weight excluding hydrogens is 224 g/mol. The number of likely N-dealkylation sites (tertiary alicyclic amines) is 1. The van der Waals surface area contributed by atoms with Crippen LogP contribution in [0.15, 0.2) is 18.2 Å². The van der Waals surface area contributed by atoms with E-state index < -0.39 is 5.82 Å². The maximum absolute atomic E-state index is 13.5. The number of aliphatic hydroxyl groups is 1. The minimum Gasteiger partial charge on any atom is -0.396 e. The molecule has 0 amide bonds. The van der Waals surface area contributed by atoms with Crippen LogP contribution in [0.3, 0.4) is 0 Å². The van der Waals surface area contributed by atoms with Crippen LogP contribution in [-0.2, 0) is 6.54 Å². The molecular formula is C13H18F2NO+. The average Bonchev–Trinajstić information content (AvgIpc) is 2.34. The fraction of sp³-hybridized carbons (Fsp3) is 0.538. The summed E-state index contributed by atoms with van der Waals surface area (Å²) in [6.45, 7) is 2.49. The molecule has 2 atom stereocenters. The first-order valence-corrected chi connectivity index (χ1v) is 6.07. The van der Waals surface area contributed by atoms with E-state index in [1.807, 2.05) is 0 Å². The van der Waals surface area contributed by atoms with Gasteiger partial charge in [0.25, 0.3) is 0 Å². The first kappa shape index (κ1) is 12.5. The minimum absolute atomic E-state index is 0.190. The number of benzene rings is 1. The minimum atomic E-state index is -0.392. The molecule has 1 aliphatic heterocycles. The van der Waals surface area contributed by atoms with Gasteiger partial charge < -0.3 is 10.0 Å². The van der Waals surface area contributed by atoms with Crippen LogP contribution in [-0.4, -0.2) is 24.8 Å². The Labute approximate surface area is 99.9 Å². The predicted octanol–water partition coefficient (Wildman–Crippen LogP) is 0.752. The molecule has 1 aromatic carbocycles. The van der Waals surface area contributed by atoms with Gasteiger partial charge >= 0.3 is 0 Å². The van der Waals surface area contributed by atoms with Gasteiger partial charge in [0, 0.05) is 11.5 Å². The van der Waals surface area contributed by atoms with Crippen LogP contribution in [0.5, 0.6) is 0 Å². The van der Waals surface area contributed by atoms with Crippen molar-refractivity contribution in [3.63, 3.8) is 0 Å². The standard InChI is InChI=1S/C13H17F2NO/c14-12-3-4-13(15)11(6-12)8-16-5-1-2-10(7-16)9-17/h3-4,6,10,17H,1-2,5,7-9H2/p+1/t10-/m1/s1. The van der Waals surface area contributed by atoms with E-state index in [0.717, 1.165) is 32.0 Å². The van der Waals surface area contributed by atoms with Gasteiger partial charge in [0.2, 0.25) is 0 Å². The first-order valence-electron chi connectivity index (χ1n) is 6.07. The molecule has 1 saturated heterocycles. The number of quaternary nitrogens is 1. The maximum Gasteiger partial charge on any atom is 0.132 e. The Hall–Kier alpha value is -1.00. The molecule has 0 bridgehead atoms. The molecule has 0 saturated carbocycles. The molecule has 94 valence electrons. The second kappa shape index (κ2) is 5.56. The highest BCUT2D eigenvalue weighted by molar-refractivity contribution is 5.17. The van der Waals surface area contributed by atoms with Crippen LogP contribution in [0, 0.1) is 17.6 Å². The summed E-state index contributed by atoms with van der Waals surface area (Å²) in [4.78, 5) is 1.22. The molecule has 4 heteroatoms. The summed E-state index contributed by atoms with van der Waals surface area (Å²) < 4.78 is 26.5. The van der Waals surface area contributed by atoms with Gasteiger partial charge in [-0.15, -0.1) is 0 Å². The molecule has 1 unspecified atom stereocenters. The Morgan fingerprint density at radius 3 is 2.94 bits per heavy atom. The molecule has 0 spiro atoms. The van der Waals surface area contributed by atoms with Gasteiger partial charge in [-0.25, -0.2) is 8.78 Å². The number of aliphatic hydroxyl groups excluding tert-OH is 1. The summed E-state index contributed by atoms with van der Waals surface area (Å²) in [7, 11) is 0. The highest BCUT2D eigenvalue weighted by Crippen LogP contribution is 2.10. The second-order valence-corrected chi connectivity index (χ2v) is 4.81. The Kier molecular flexibility index (Phi) is 4.07. The topological polar surface area (TPSA) is 24.7 Å². The summed E-state index contributed by atoms with van der Waals surface area (Å²) in [5.74, 6) is -0.433. The number of piperidine rings is 1. The Bertz CT molecular complexity index is 384. The summed E-state index contributed by atoms with van der Waals surface area (Å²) in [5, 5.41) is 9.13. The van der Waals surface area contributed by atoms with E-state index in [1.54, 1.807) is 0 Å². The number of halogens is 2. The zero-order chi connectivity index (χ0) is 12.3. The quantitative estimate of drug-likeness (QED) is 0.803. The summed E-state index contributed by atoms with van der Waals surface area (Å²) in [6, 6.07) is 3.59. The van der Waals surface area contributed by atoms with E-state index >= 15 is 0 Å². The van der Waals surface area contributed by atoms with Crippen molar-refractivity contribution in [2.24, 2.45) is 5.92 Å². The maximum atomic E-state index is 13.5. The molecule has 2 rings (SSSR count). The van der Waals surface area contributed by atoms with Gasteiger partial charge in [0.15, 0.2) is 0 Å². The Morgan fingerprint density at radius 2 is 2.18 bits per heavy atom. The van der Waals surface area contributed by atoms with Gasteiger partial charge in [0.1, 0.15) is 18.2 Å². The summed E-state index contributed by atoms with van der Waals surface area (Å²) in [6.07, 6.45) is 2.07. The van der Waals surface area contributed by atoms with E-state index in [2.05, 4.69) is 0 Å². The predicted molar refractivity (Wildman–Crippen MR) is 60.6 cm³/mol. The van der Waals surface area contributed by atoms with Crippen LogP contribution in [0.1, 0.15) is 18.4 Å². The van der Waals surface area contributed by atoms with E-state index in [-0.39, 0.29) is 12.4 Å². The zero-order valence-corrected chi connectivity index (χ0v) is 9.76. The molecule has 2 nitrogen and oxygen atoms in total. The molecule has 1 heterocycles. The van der Waals surface area contributed by atoms with Crippen molar-refractivity contribution < 1.29 is 18.8 Å². The molecule has 1 aromatic rings.